The lowest BCUT2D eigenvalue weighted by molar-refractivity contribution is 0.0699. The van der Waals surface area contributed by atoms with Crippen molar-refractivity contribution in [3.8, 4) is 0 Å². The number of nitrogens with zero attached hydrogens (tertiary/aromatic N) is 1. The minimum atomic E-state index is 0.651. The average Bonchev–Trinajstić information content (AvgIpc) is 2.73. The highest BCUT2D eigenvalue weighted by atomic mass is 15.2. The second kappa shape index (κ2) is 5.71. The van der Waals surface area contributed by atoms with E-state index in [9.17, 15) is 0 Å². The fourth-order valence-corrected chi connectivity index (χ4v) is 3.68. The van der Waals surface area contributed by atoms with Crippen LogP contribution >= 0.6 is 0 Å². The summed E-state index contributed by atoms with van der Waals surface area (Å²) in [4.78, 5) is 2.80. The Balaban J connectivity index is 1.84. The normalized spacial score (nSPS) is 32.6. The predicted molar refractivity (Wildman–Crippen MR) is 74.3 cm³/mol. The third kappa shape index (κ3) is 2.68. The third-order valence-corrected chi connectivity index (χ3v) is 5.47. The van der Waals surface area contributed by atoms with Gasteiger partial charge in [-0.25, -0.2) is 0 Å². The van der Waals surface area contributed by atoms with Crippen LogP contribution in [-0.2, 0) is 0 Å². The molecule has 100 valence electrons. The van der Waals surface area contributed by atoms with Gasteiger partial charge in [-0.15, -0.1) is 0 Å². The number of hydrogen-bond donors (Lipinski definition) is 1. The number of nitrogens with one attached hydrogen (secondary N) is 1. The second-order valence-electron chi connectivity index (χ2n) is 6.14. The first kappa shape index (κ1) is 13.4. The van der Waals surface area contributed by atoms with E-state index in [2.05, 4.69) is 31.0 Å². The molecule has 1 saturated heterocycles. The molecule has 0 aromatic rings. The standard InChI is InChI=1S/C15H30N2/c1-4-15(5-2)9-10-17(12-15)14-8-7-13(14)11-16-6-3/h13-14,16H,4-12H2,1-3H3. The molecule has 1 aliphatic heterocycles. The monoisotopic (exact) mass is 238 g/mol. The summed E-state index contributed by atoms with van der Waals surface area (Å²) in [6.07, 6.45) is 7.05. The molecule has 0 amide bonds. The van der Waals surface area contributed by atoms with Crippen molar-refractivity contribution in [3.05, 3.63) is 0 Å². The molecule has 0 aromatic carbocycles. The molecule has 2 nitrogen and oxygen atoms in total. The second-order valence-corrected chi connectivity index (χ2v) is 6.14. The Morgan fingerprint density at radius 1 is 1.18 bits per heavy atom. The van der Waals surface area contributed by atoms with Gasteiger partial charge in [0, 0.05) is 12.6 Å². The molecule has 2 atom stereocenters. The van der Waals surface area contributed by atoms with Crippen LogP contribution in [0.2, 0.25) is 0 Å². The Bertz CT molecular complexity index is 235. The first-order valence-corrected chi connectivity index (χ1v) is 7.69. The maximum Gasteiger partial charge on any atom is 0.0136 e. The van der Waals surface area contributed by atoms with Crippen molar-refractivity contribution in [2.75, 3.05) is 26.2 Å². The van der Waals surface area contributed by atoms with Gasteiger partial charge in [-0.1, -0.05) is 20.8 Å². The molecule has 2 aliphatic rings. The minimum Gasteiger partial charge on any atom is -0.317 e. The van der Waals surface area contributed by atoms with Gasteiger partial charge in [-0.05, 0) is 63.1 Å². The number of likely N-dealkylation sites (tertiary alicyclic amines) is 1. The maximum atomic E-state index is 3.53. The van der Waals surface area contributed by atoms with Crippen LogP contribution in [0.25, 0.3) is 0 Å². The lowest BCUT2D eigenvalue weighted by atomic mass is 9.77. The van der Waals surface area contributed by atoms with E-state index < -0.39 is 0 Å². The molecule has 1 aliphatic carbocycles. The van der Waals surface area contributed by atoms with Gasteiger partial charge in [0.25, 0.3) is 0 Å². The van der Waals surface area contributed by atoms with Crippen molar-refractivity contribution in [3.63, 3.8) is 0 Å². The Morgan fingerprint density at radius 3 is 2.41 bits per heavy atom. The fraction of sp³-hybridized carbons (Fsp3) is 1.00. The lowest BCUT2D eigenvalue weighted by Crippen LogP contribution is -2.50. The van der Waals surface area contributed by atoms with Crippen LogP contribution in [0.3, 0.4) is 0 Å². The highest BCUT2D eigenvalue weighted by molar-refractivity contribution is 4.97. The van der Waals surface area contributed by atoms with Crippen molar-refractivity contribution < 1.29 is 0 Å². The van der Waals surface area contributed by atoms with Crippen molar-refractivity contribution in [1.82, 2.24) is 10.2 Å². The van der Waals surface area contributed by atoms with E-state index >= 15 is 0 Å². The first-order valence-electron chi connectivity index (χ1n) is 7.69. The third-order valence-electron chi connectivity index (χ3n) is 5.47. The predicted octanol–water partition coefficient (Wildman–Crippen LogP) is 2.89. The van der Waals surface area contributed by atoms with Crippen LogP contribution in [0.1, 0.15) is 52.9 Å². The van der Waals surface area contributed by atoms with E-state index in [-0.39, 0.29) is 0 Å². The van der Waals surface area contributed by atoms with Crippen LogP contribution in [0.5, 0.6) is 0 Å². The SMILES string of the molecule is CCNCC1CCC1N1CCC(CC)(CC)C1. The summed E-state index contributed by atoms with van der Waals surface area (Å²) in [6, 6.07) is 0.897. The minimum absolute atomic E-state index is 0.651. The van der Waals surface area contributed by atoms with Gasteiger partial charge in [0.2, 0.25) is 0 Å². The molecule has 0 radical (unpaired) electrons. The van der Waals surface area contributed by atoms with Crippen LogP contribution in [0, 0.1) is 11.3 Å². The molecule has 2 rings (SSSR count). The smallest absolute Gasteiger partial charge is 0.0136 e. The Hall–Kier alpha value is -0.0800. The highest BCUT2D eigenvalue weighted by Gasteiger charge is 2.42. The zero-order chi connectivity index (χ0) is 12.3. The molecular formula is C15H30N2. The van der Waals surface area contributed by atoms with Gasteiger partial charge in [0.05, 0.1) is 0 Å². The first-order chi connectivity index (χ1) is 8.24. The van der Waals surface area contributed by atoms with Gasteiger partial charge in [0.1, 0.15) is 0 Å². The van der Waals surface area contributed by atoms with E-state index in [1.165, 1.54) is 51.7 Å². The molecule has 0 aromatic heterocycles. The van der Waals surface area contributed by atoms with Gasteiger partial charge in [-0.3, -0.25) is 4.90 Å². The van der Waals surface area contributed by atoms with Crippen molar-refractivity contribution in [2.24, 2.45) is 11.3 Å². The molecule has 0 spiro atoms. The molecule has 1 N–H and O–H groups in total. The van der Waals surface area contributed by atoms with Crippen LogP contribution in [-0.4, -0.2) is 37.1 Å². The molecule has 2 fully saturated rings. The van der Waals surface area contributed by atoms with Gasteiger partial charge >= 0.3 is 0 Å². The summed E-state index contributed by atoms with van der Waals surface area (Å²) in [5.74, 6) is 0.930. The molecule has 0 bridgehead atoms. The molecule has 1 heterocycles. The van der Waals surface area contributed by atoms with Crippen molar-refractivity contribution >= 4 is 0 Å². The highest BCUT2D eigenvalue weighted by Crippen LogP contribution is 2.42. The van der Waals surface area contributed by atoms with Crippen LogP contribution < -0.4 is 5.32 Å². The topological polar surface area (TPSA) is 15.3 Å². The summed E-state index contributed by atoms with van der Waals surface area (Å²) < 4.78 is 0. The van der Waals surface area contributed by atoms with Crippen LogP contribution in [0.4, 0.5) is 0 Å². The summed E-state index contributed by atoms with van der Waals surface area (Å²) in [7, 11) is 0. The molecular weight excluding hydrogens is 208 g/mol. The van der Waals surface area contributed by atoms with E-state index in [1.807, 2.05) is 0 Å². The molecule has 2 heteroatoms. The van der Waals surface area contributed by atoms with E-state index in [0.717, 1.165) is 18.5 Å². The van der Waals surface area contributed by atoms with Crippen LogP contribution in [0.15, 0.2) is 0 Å². The molecule has 17 heavy (non-hydrogen) atoms. The van der Waals surface area contributed by atoms with Gasteiger partial charge in [-0.2, -0.15) is 0 Å². The summed E-state index contributed by atoms with van der Waals surface area (Å²) in [5.41, 5.74) is 0.651. The van der Waals surface area contributed by atoms with E-state index in [0.29, 0.717) is 5.41 Å². The lowest BCUT2D eigenvalue weighted by Gasteiger charge is -2.43. The van der Waals surface area contributed by atoms with Crippen molar-refractivity contribution in [1.29, 1.82) is 0 Å². The summed E-state index contributed by atoms with van der Waals surface area (Å²) >= 11 is 0. The summed E-state index contributed by atoms with van der Waals surface area (Å²) in [6.45, 7) is 12.1. The van der Waals surface area contributed by atoms with Gasteiger partial charge in [0.15, 0.2) is 0 Å². The van der Waals surface area contributed by atoms with E-state index in [4.69, 9.17) is 0 Å². The largest absolute Gasteiger partial charge is 0.317 e. The Kier molecular flexibility index (Phi) is 4.48. The van der Waals surface area contributed by atoms with E-state index in [1.54, 1.807) is 0 Å². The fourth-order valence-electron chi connectivity index (χ4n) is 3.68. The Morgan fingerprint density at radius 2 is 1.94 bits per heavy atom. The number of rotatable bonds is 6. The zero-order valence-electron chi connectivity index (χ0n) is 12.0. The maximum absolute atomic E-state index is 3.53. The zero-order valence-corrected chi connectivity index (χ0v) is 12.0. The Labute approximate surface area is 107 Å². The van der Waals surface area contributed by atoms with Crippen molar-refractivity contribution in [2.45, 2.75) is 58.9 Å². The quantitative estimate of drug-likeness (QED) is 0.765. The molecule has 1 saturated carbocycles. The average molecular weight is 238 g/mol. The van der Waals surface area contributed by atoms with Gasteiger partial charge < -0.3 is 5.32 Å². The number of hydrogen-bond acceptors (Lipinski definition) is 2. The summed E-state index contributed by atoms with van der Waals surface area (Å²) in [5, 5.41) is 3.53. The molecule has 2 unspecified atom stereocenters.